The first-order chi connectivity index (χ1) is 7.44. The van der Waals surface area contributed by atoms with E-state index in [4.69, 9.17) is 10.2 Å². The largest absolute Gasteiger partial charge is 0.476 e. The average Bonchev–Trinajstić information content (AvgIpc) is 2.27. The predicted molar refractivity (Wildman–Crippen MR) is 58.3 cm³/mol. The molecule has 1 heterocycles. The Labute approximate surface area is 93.3 Å². The highest BCUT2D eigenvalue weighted by molar-refractivity contribution is 5.85. The Hall–Kier alpha value is -1.69. The molecule has 1 rings (SSSR count). The quantitative estimate of drug-likeness (QED) is 0.679. The van der Waals surface area contributed by atoms with Crippen LogP contribution in [0, 0.1) is 5.41 Å². The molecule has 6 nitrogen and oxygen atoms in total. The lowest BCUT2D eigenvalue weighted by atomic mass is 9.95. The zero-order valence-corrected chi connectivity index (χ0v) is 9.27. The molecule has 0 saturated heterocycles. The normalized spacial score (nSPS) is 11.2. The van der Waals surface area contributed by atoms with Gasteiger partial charge in [-0.3, -0.25) is 0 Å². The Morgan fingerprint density at radius 1 is 1.44 bits per heavy atom. The van der Waals surface area contributed by atoms with Gasteiger partial charge in [0, 0.05) is 18.6 Å². The number of aliphatic hydroxyl groups excluding tert-OH is 1. The van der Waals surface area contributed by atoms with Gasteiger partial charge in [-0.05, 0) is 12.1 Å². The Balaban J connectivity index is 2.59. The zero-order chi connectivity index (χ0) is 12.2. The third-order valence-corrected chi connectivity index (χ3v) is 2.06. The lowest BCUT2D eigenvalue weighted by Crippen LogP contribution is -2.27. The van der Waals surface area contributed by atoms with Crippen molar-refractivity contribution in [3.8, 4) is 0 Å². The van der Waals surface area contributed by atoms with Gasteiger partial charge in [-0.15, -0.1) is 10.2 Å². The summed E-state index contributed by atoms with van der Waals surface area (Å²) in [4.78, 5) is 10.5. The maximum Gasteiger partial charge on any atom is 0.356 e. The second kappa shape index (κ2) is 4.89. The second-order valence-electron chi connectivity index (χ2n) is 4.28. The van der Waals surface area contributed by atoms with Crippen LogP contribution in [0.3, 0.4) is 0 Å². The van der Waals surface area contributed by atoms with E-state index in [2.05, 4.69) is 15.5 Å². The first-order valence-corrected chi connectivity index (χ1v) is 4.86. The minimum Gasteiger partial charge on any atom is -0.476 e. The van der Waals surface area contributed by atoms with Crippen LogP contribution in [-0.4, -0.2) is 39.5 Å². The lowest BCUT2D eigenvalue weighted by molar-refractivity contribution is 0.0689. The van der Waals surface area contributed by atoms with Crippen molar-refractivity contribution in [1.82, 2.24) is 10.2 Å². The van der Waals surface area contributed by atoms with Crippen LogP contribution in [0.15, 0.2) is 12.1 Å². The van der Waals surface area contributed by atoms with Gasteiger partial charge in [0.05, 0.1) is 0 Å². The van der Waals surface area contributed by atoms with Crippen LogP contribution in [0.1, 0.15) is 24.3 Å². The summed E-state index contributed by atoms with van der Waals surface area (Å²) >= 11 is 0. The fourth-order valence-electron chi connectivity index (χ4n) is 0.926. The number of aliphatic hydroxyl groups is 1. The summed E-state index contributed by atoms with van der Waals surface area (Å²) in [5, 5.41) is 27.9. The van der Waals surface area contributed by atoms with E-state index in [9.17, 15) is 4.79 Å². The molecule has 6 heteroatoms. The summed E-state index contributed by atoms with van der Waals surface area (Å²) < 4.78 is 0. The highest BCUT2D eigenvalue weighted by Crippen LogP contribution is 2.14. The molecule has 0 fully saturated rings. The van der Waals surface area contributed by atoms with Gasteiger partial charge in [0.1, 0.15) is 5.82 Å². The van der Waals surface area contributed by atoms with Gasteiger partial charge in [0.15, 0.2) is 5.69 Å². The number of nitrogens with zero attached hydrogens (tertiary/aromatic N) is 2. The van der Waals surface area contributed by atoms with Crippen molar-refractivity contribution < 1.29 is 15.0 Å². The Morgan fingerprint density at radius 3 is 2.56 bits per heavy atom. The smallest absolute Gasteiger partial charge is 0.356 e. The molecular formula is C10H15N3O3. The number of nitrogens with one attached hydrogen (secondary N) is 1. The Bertz CT molecular complexity index is 362. The number of aromatic nitrogens is 2. The predicted octanol–water partition coefficient (Wildman–Crippen LogP) is 0.605. The minimum absolute atomic E-state index is 0.0562. The summed E-state index contributed by atoms with van der Waals surface area (Å²) in [6, 6.07) is 2.92. The molecule has 16 heavy (non-hydrogen) atoms. The van der Waals surface area contributed by atoms with Crippen molar-refractivity contribution in [3.05, 3.63) is 17.8 Å². The van der Waals surface area contributed by atoms with Gasteiger partial charge in [-0.1, -0.05) is 13.8 Å². The number of carbonyl (C=O) groups is 1. The zero-order valence-electron chi connectivity index (χ0n) is 9.27. The van der Waals surface area contributed by atoms with Crippen molar-refractivity contribution in [3.63, 3.8) is 0 Å². The lowest BCUT2D eigenvalue weighted by Gasteiger charge is -2.21. The van der Waals surface area contributed by atoms with E-state index in [-0.39, 0.29) is 17.7 Å². The molecule has 0 aliphatic heterocycles. The SMILES string of the molecule is CC(C)(CO)CNc1ccc(C(=O)O)nn1. The molecule has 1 aromatic rings. The van der Waals surface area contributed by atoms with Crippen LogP contribution in [0.5, 0.6) is 0 Å². The van der Waals surface area contributed by atoms with E-state index < -0.39 is 5.97 Å². The highest BCUT2D eigenvalue weighted by atomic mass is 16.4. The molecule has 0 atom stereocenters. The van der Waals surface area contributed by atoms with Gasteiger partial charge < -0.3 is 15.5 Å². The van der Waals surface area contributed by atoms with Crippen molar-refractivity contribution in [1.29, 1.82) is 0 Å². The highest BCUT2D eigenvalue weighted by Gasteiger charge is 2.16. The van der Waals surface area contributed by atoms with Crippen LogP contribution in [0.25, 0.3) is 0 Å². The van der Waals surface area contributed by atoms with Gasteiger partial charge >= 0.3 is 5.97 Å². The number of carboxylic acids is 1. The van der Waals surface area contributed by atoms with Crippen LogP contribution in [0.2, 0.25) is 0 Å². The molecule has 1 aromatic heterocycles. The minimum atomic E-state index is -1.10. The van der Waals surface area contributed by atoms with E-state index >= 15 is 0 Å². The molecule has 0 aliphatic rings. The van der Waals surface area contributed by atoms with Crippen LogP contribution in [0.4, 0.5) is 5.82 Å². The van der Waals surface area contributed by atoms with E-state index in [1.54, 1.807) is 6.07 Å². The second-order valence-corrected chi connectivity index (χ2v) is 4.28. The van der Waals surface area contributed by atoms with Crippen molar-refractivity contribution >= 4 is 11.8 Å². The summed E-state index contributed by atoms with van der Waals surface area (Å²) in [5.74, 6) is -0.610. The molecule has 0 saturated carbocycles. The van der Waals surface area contributed by atoms with Gasteiger partial charge in [0.25, 0.3) is 0 Å². The topological polar surface area (TPSA) is 95.3 Å². The molecule has 0 radical (unpaired) electrons. The van der Waals surface area contributed by atoms with Crippen molar-refractivity contribution in [2.75, 3.05) is 18.5 Å². The summed E-state index contributed by atoms with van der Waals surface area (Å²) in [7, 11) is 0. The molecular weight excluding hydrogens is 210 g/mol. The molecule has 0 unspecified atom stereocenters. The number of hydrogen-bond donors (Lipinski definition) is 3. The third-order valence-electron chi connectivity index (χ3n) is 2.06. The Kier molecular flexibility index (Phi) is 3.78. The Morgan fingerprint density at radius 2 is 2.12 bits per heavy atom. The van der Waals surface area contributed by atoms with Crippen molar-refractivity contribution in [2.45, 2.75) is 13.8 Å². The fraction of sp³-hybridized carbons (Fsp3) is 0.500. The molecule has 0 aromatic carbocycles. The summed E-state index contributed by atoms with van der Waals surface area (Å²) in [6.07, 6.45) is 0. The fourth-order valence-corrected chi connectivity index (χ4v) is 0.926. The first kappa shape index (κ1) is 12.4. The molecule has 0 aliphatic carbocycles. The summed E-state index contributed by atoms with van der Waals surface area (Å²) in [6.45, 7) is 4.39. The summed E-state index contributed by atoms with van der Waals surface area (Å²) in [5.41, 5.74) is -0.348. The van der Waals surface area contributed by atoms with Crippen LogP contribution < -0.4 is 5.32 Å². The number of carboxylic acid groups (broad SMARTS) is 1. The van der Waals surface area contributed by atoms with E-state index in [0.717, 1.165) is 0 Å². The number of hydrogen-bond acceptors (Lipinski definition) is 5. The number of anilines is 1. The molecule has 0 bridgehead atoms. The van der Waals surface area contributed by atoms with Crippen molar-refractivity contribution in [2.24, 2.45) is 5.41 Å². The molecule has 0 amide bonds. The molecule has 88 valence electrons. The van der Waals surface area contributed by atoms with E-state index in [0.29, 0.717) is 12.4 Å². The van der Waals surface area contributed by atoms with Gasteiger partial charge in [-0.25, -0.2) is 4.79 Å². The van der Waals surface area contributed by atoms with E-state index in [1.165, 1.54) is 6.07 Å². The van der Waals surface area contributed by atoms with E-state index in [1.807, 2.05) is 13.8 Å². The standard InChI is InChI=1S/C10H15N3O3/c1-10(2,6-14)5-11-8-4-3-7(9(15)16)12-13-8/h3-4,14H,5-6H2,1-2H3,(H,11,13)(H,15,16). The average molecular weight is 225 g/mol. The molecule has 0 spiro atoms. The third kappa shape index (κ3) is 3.47. The van der Waals surface area contributed by atoms with Gasteiger partial charge in [0.2, 0.25) is 0 Å². The van der Waals surface area contributed by atoms with Crippen LogP contribution >= 0.6 is 0 Å². The first-order valence-electron chi connectivity index (χ1n) is 4.86. The van der Waals surface area contributed by atoms with Crippen LogP contribution in [-0.2, 0) is 0 Å². The molecule has 3 N–H and O–H groups in total. The van der Waals surface area contributed by atoms with Gasteiger partial charge in [-0.2, -0.15) is 0 Å². The maximum atomic E-state index is 10.5. The number of rotatable bonds is 5. The monoisotopic (exact) mass is 225 g/mol. The number of aromatic carboxylic acids is 1. The maximum absolute atomic E-state index is 10.5.